The maximum absolute atomic E-state index is 5.76. The SMILES string of the molecule is C#C.C1=CC(CCCCOCCCCCCNCc2ccccc2)=CCC1.CC. The van der Waals surface area contributed by atoms with Gasteiger partial charge in [-0.1, -0.05) is 80.8 Å². The molecule has 0 aromatic heterocycles. The second kappa shape index (κ2) is 22.5. The van der Waals surface area contributed by atoms with Gasteiger partial charge in [0.1, 0.15) is 0 Å². The van der Waals surface area contributed by atoms with Crippen LogP contribution in [0.4, 0.5) is 0 Å². The van der Waals surface area contributed by atoms with E-state index in [9.17, 15) is 0 Å². The molecule has 0 spiro atoms. The number of unbranched alkanes of at least 4 members (excludes halogenated alkanes) is 4. The molecule has 0 aliphatic heterocycles. The standard InChI is InChI=1S/C23H35NO.C2H6.C2H2/c1(10-18-24-21-23-16-7-4-8-17-23)2-11-19-25-20-12-9-15-22-13-5-3-6-14-22;2*1-2/h4-5,7-8,13-14,16-17,24H,1-3,6,9-12,15,18-21H2;1-2H3;1-2H. The Morgan fingerprint density at radius 3 is 2.24 bits per heavy atom. The van der Waals surface area contributed by atoms with Crippen molar-refractivity contribution in [3.8, 4) is 12.8 Å². The number of benzene rings is 1. The zero-order valence-electron chi connectivity index (χ0n) is 18.9. The summed E-state index contributed by atoms with van der Waals surface area (Å²) in [5.74, 6) is 0. The topological polar surface area (TPSA) is 21.3 Å². The number of nitrogens with one attached hydrogen (secondary N) is 1. The van der Waals surface area contributed by atoms with Gasteiger partial charge in [0.25, 0.3) is 0 Å². The zero-order chi connectivity index (χ0) is 21.4. The van der Waals surface area contributed by atoms with Crippen molar-refractivity contribution in [1.29, 1.82) is 0 Å². The molecule has 0 atom stereocenters. The molecule has 0 saturated carbocycles. The predicted molar refractivity (Wildman–Crippen MR) is 129 cm³/mol. The van der Waals surface area contributed by atoms with E-state index in [0.29, 0.717) is 0 Å². The minimum atomic E-state index is 0.926. The molecule has 1 aliphatic carbocycles. The molecule has 29 heavy (non-hydrogen) atoms. The smallest absolute Gasteiger partial charge is 0.0466 e. The number of terminal acetylenes is 1. The summed E-state index contributed by atoms with van der Waals surface area (Å²) < 4.78 is 5.76. The summed E-state index contributed by atoms with van der Waals surface area (Å²) in [4.78, 5) is 0. The third-order valence-corrected chi connectivity index (χ3v) is 4.64. The van der Waals surface area contributed by atoms with Crippen molar-refractivity contribution in [3.63, 3.8) is 0 Å². The summed E-state index contributed by atoms with van der Waals surface area (Å²) >= 11 is 0. The molecule has 1 aromatic carbocycles. The first-order chi connectivity index (χ1) is 14.4. The van der Waals surface area contributed by atoms with Crippen molar-refractivity contribution in [2.24, 2.45) is 0 Å². The highest BCUT2D eigenvalue weighted by atomic mass is 16.5. The fourth-order valence-corrected chi connectivity index (χ4v) is 3.12. The highest BCUT2D eigenvalue weighted by Gasteiger charge is 1.98. The number of ether oxygens (including phenoxy) is 1. The lowest BCUT2D eigenvalue weighted by Gasteiger charge is -2.07. The molecule has 2 heteroatoms. The average Bonchev–Trinajstić information content (AvgIpc) is 2.81. The molecule has 0 fully saturated rings. The minimum Gasteiger partial charge on any atom is -0.381 e. The molecular weight excluding hydrogens is 354 g/mol. The van der Waals surface area contributed by atoms with E-state index in [-0.39, 0.29) is 0 Å². The molecule has 0 saturated heterocycles. The van der Waals surface area contributed by atoms with Crippen molar-refractivity contribution >= 4 is 0 Å². The Hall–Kier alpha value is -1.82. The molecule has 0 radical (unpaired) electrons. The Morgan fingerprint density at radius 2 is 1.55 bits per heavy atom. The first-order valence-corrected chi connectivity index (χ1v) is 11.5. The summed E-state index contributed by atoms with van der Waals surface area (Å²) in [6.07, 6.45) is 26.1. The molecule has 0 unspecified atom stereocenters. The van der Waals surface area contributed by atoms with Gasteiger partial charge in [0.15, 0.2) is 0 Å². The van der Waals surface area contributed by atoms with Gasteiger partial charge >= 0.3 is 0 Å². The summed E-state index contributed by atoms with van der Waals surface area (Å²) in [7, 11) is 0. The fourth-order valence-electron chi connectivity index (χ4n) is 3.12. The molecule has 2 nitrogen and oxygen atoms in total. The first kappa shape index (κ1) is 27.2. The maximum atomic E-state index is 5.76. The molecular formula is C27H43NO. The number of hydrogen-bond acceptors (Lipinski definition) is 2. The highest BCUT2D eigenvalue weighted by molar-refractivity contribution is 5.21. The first-order valence-electron chi connectivity index (χ1n) is 11.5. The Morgan fingerprint density at radius 1 is 0.862 bits per heavy atom. The normalized spacial score (nSPS) is 12.2. The van der Waals surface area contributed by atoms with Crippen molar-refractivity contribution in [3.05, 3.63) is 59.7 Å². The van der Waals surface area contributed by atoms with Crippen LogP contribution in [0.5, 0.6) is 0 Å². The third-order valence-electron chi connectivity index (χ3n) is 4.64. The van der Waals surface area contributed by atoms with Crippen molar-refractivity contribution in [1.82, 2.24) is 5.32 Å². The van der Waals surface area contributed by atoms with E-state index < -0.39 is 0 Å². The quantitative estimate of drug-likeness (QED) is 0.267. The number of hydrogen-bond donors (Lipinski definition) is 1. The van der Waals surface area contributed by atoms with Gasteiger partial charge in [0.2, 0.25) is 0 Å². The molecule has 0 heterocycles. The molecule has 2 rings (SSSR count). The van der Waals surface area contributed by atoms with Crippen LogP contribution in [0, 0.1) is 12.8 Å². The Balaban J connectivity index is 0.00000184. The van der Waals surface area contributed by atoms with Crippen LogP contribution < -0.4 is 5.32 Å². The second-order valence-corrected chi connectivity index (χ2v) is 6.90. The van der Waals surface area contributed by atoms with Crippen LogP contribution in [-0.4, -0.2) is 19.8 Å². The van der Waals surface area contributed by atoms with Gasteiger partial charge in [0.05, 0.1) is 0 Å². The lowest BCUT2D eigenvalue weighted by molar-refractivity contribution is 0.126. The van der Waals surface area contributed by atoms with Gasteiger partial charge < -0.3 is 10.1 Å². The predicted octanol–water partition coefficient (Wildman–Crippen LogP) is 7.08. The van der Waals surface area contributed by atoms with E-state index in [1.54, 1.807) is 0 Å². The summed E-state index contributed by atoms with van der Waals surface area (Å²) in [5.41, 5.74) is 2.89. The van der Waals surface area contributed by atoms with Crippen molar-refractivity contribution in [2.75, 3.05) is 19.8 Å². The van der Waals surface area contributed by atoms with Crippen LogP contribution in [0.2, 0.25) is 0 Å². The van der Waals surface area contributed by atoms with E-state index in [1.807, 2.05) is 13.8 Å². The third kappa shape index (κ3) is 16.8. The number of allylic oxidation sites excluding steroid dienone is 4. The van der Waals surface area contributed by atoms with Gasteiger partial charge in [-0.2, -0.15) is 0 Å². The van der Waals surface area contributed by atoms with E-state index in [0.717, 1.165) is 26.3 Å². The lowest BCUT2D eigenvalue weighted by atomic mass is 10.0. The van der Waals surface area contributed by atoms with Crippen LogP contribution in [0.25, 0.3) is 0 Å². The van der Waals surface area contributed by atoms with Gasteiger partial charge in [-0.25, -0.2) is 0 Å². The molecule has 1 aliphatic rings. The fraction of sp³-hybridized carbons (Fsp3) is 0.556. The van der Waals surface area contributed by atoms with Gasteiger partial charge in [0, 0.05) is 19.8 Å². The molecule has 1 N–H and O–H groups in total. The number of rotatable bonds is 14. The van der Waals surface area contributed by atoms with Crippen LogP contribution in [0.15, 0.2) is 54.1 Å². The van der Waals surface area contributed by atoms with Crippen LogP contribution in [0.3, 0.4) is 0 Å². The summed E-state index contributed by atoms with van der Waals surface area (Å²) in [5, 5.41) is 3.51. The maximum Gasteiger partial charge on any atom is 0.0466 e. The van der Waals surface area contributed by atoms with E-state index >= 15 is 0 Å². The Labute approximate surface area is 180 Å². The van der Waals surface area contributed by atoms with E-state index in [1.165, 1.54) is 68.9 Å². The van der Waals surface area contributed by atoms with Gasteiger partial charge in [-0.15, -0.1) is 12.8 Å². The van der Waals surface area contributed by atoms with Gasteiger partial charge in [-0.05, 0) is 57.1 Å². The van der Waals surface area contributed by atoms with Crippen LogP contribution in [0.1, 0.15) is 77.2 Å². The largest absolute Gasteiger partial charge is 0.381 e. The molecule has 0 bridgehead atoms. The molecule has 0 amide bonds. The minimum absolute atomic E-state index is 0.926. The Bertz CT molecular complexity index is 530. The van der Waals surface area contributed by atoms with Gasteiger partial charge in [-0.3, -0.25) is 0 Å². The summed E-state index contributed by atoms with van der Waals surface area (Å²) in [6.45, 7) is 7.95. The molecule has 162 valence electrons. The summed E-state index contributed by atoms with van der Waals surface area (Å²) in [6, 6.07) is 10.6. The molecule has 1 aromatic rings. The zero-order valence-corrected chi connectivity index (χ0v) is 18.9. The van der Waals surface area contributed by atoms with E-state index in [2.05, 4.69) is 66.7 Å². The lowest BCUT2D eigenvalue weighted by Crippen LogP contribution is -2.14. The second-order valence-electron chi connectivity index (χ2n) is 6.90. The van der Waals surface area contributed by atoms with Crippen LogP contribution >= 0.6 is 0 Å². The van der Waals surface area contributed by atoms with Crippen LogP contribution in [-0.2, 0) is 11.3 Å². The monoisotopic (exact) mass is 397 g/mol. The van der Waals surface area contributed by atoms with Crippen molar-refractivity contribution < 1.29 is 4.74 Å². The Kier molecular flexibility index (Phi) is 21.1. The average molecular weight is 398 g/mol. The van der Waals surface area contributed by atoms with Crippen molar-refractivity contribution in [2.45, 2.75) is 78.2 Å². The highest BCUT2D eigenvalue weighted by Crippen LogP contribution is 2.15. The van der Waals surface area contributed by atoms with E-state index in [4.69, 9.17) is 4.74 Å².